The molecule has 1 spiro atoms. The van der Waals surface area contributed by atoms with E-state index in [1.165, 1.54) is 4.90 Å². The number of ether oxygens (including phenoxy) is 2. The number of aliphatic hydroxyl groups excluding tert-OH is 1. The van der Waals surface area contributed by atoms with E-state index in [0.29, 0.717) is 17.3 Å². The van der Waals surface area contributed by atoms with Crippen LogP contribution in [0.5, 0.6) is 0 Å². The molecule has 1 aromatic rings. The molecule has 4 aliphatic heterocycles. The van der Waals surface area contributed by atoms with Crippen molar-refractivity contribution >= 4 is 39.6 Å². The van der Waals surface area contributed by atoms with Gasteiger partial charge in [-0.25, -0.2) is 0 Å². The standard InChI is InChI=1S/C34H44BrN3O7/c1-20(2)16-22(18-39)38-29-32(43)37(33(3,4)5)15-11-7-10-14-25(40)44-19-24(21-12-8-6-9-13-21)36-30(41)26-27(31(38)42)34(29)17-23(35)28(26)45-34/h6-9,11-13,17,20,22,24,26-29,39H,10,14-16,18-19H2,1-5H3,(H,36,41)/b11-7-/t22-,24+,26+,27-,28+,29+,34-/m1/s1. The zero-order valence-corrected chi connectivity index (χ0v) is 28.2. The number of nitrogens with zero attached hydrogens (tertiary/aromatic N) is 2. The fraction of sp³-hybridized carbons (Fsp3) is 0.588. The molecule has 0 aliphatic carbocycles. The summed E-state index contributed by atoms with van der Waals surface area (Å²) >= 11 is 3.61. The van der Waals surface area contributed by atoms with Crippen LogP contribution in [0.3, 0.4) is 0 Å². The fourth-order valence-corrected chi connectivity index (χ4v) is 7.95. The van der Waals surface area contributed by atoms with Gasteiger partial charge in [0.2, 0.25) is 17.7 Å². The highest BCUT2D eigenvalue weighted by atomic mass is 79.9. The number of aliphatic hydroxyl groups is 1. The lowest BCUT2D eigenvalue weighted by atomic mass is 9.73. The van der Waals surface area contributed by atoms with E-state index in [9.17, 15) is 24.3 Å². The molecular formula is C34H44BrN3O7. The number of esters is 1. The van der Waals surface area contributed by atoms with Crippen LogP contribution in [0, 0.1) is 17.8 Å². The zero-order chi connectivity index (χ0) is 32.7. The second kappa shape index (κ2) is 13.0. The number of hydrogen-bond acceptors (Lipinski definition) is 7. The number of allylic oxidation sites excluding steroid dienone is 1. The van der Waals surface area contributed by atoms with Crippen molar-refractivity contribution in [2.75, 3.05) is 19.8 Å². The van der Waals surface area contributed by atoms with Crippen molar-refractivity contribution in [1.82, 2.24) is 15.1 Å². The van der Waals surface area contributed by atoms with Gasteiger partial charge < -0.3 is 29.7 Å². The number of carbonyl (C=O) groups is 4. The summed E-state index contributed by atoms with van der Waals surface area (Å²) < 4.78 is 12.8. The summed E-state index contributed by atoms with van der Waals surface area (Å²) in [4.78, 5) is 59.6. The van der Waals surface area contributed by atoms with Gasteiger partial charge in [-0.15, -0.1) is 0 Å². The summed E-state index contributed by atoms with van der Waals surface area (Å²) in [7, 11) is 0. The van der Waals surface area contributed by atoms with E-state index in [1.54, 1.807) is 11.0 Å². The van der Waals surface area contributed by atoms with Crippen molar-refractivity contribution in [3.05, 3.63) is 58.6 Å². The van der Waals surface area contributed by atoms with E-state index in [-0.39, 0.29) is 43.9 Å². The third kappa shape index (κ3) is 6.23. The van der Waals surface area contributed by atoms with Crippen LogP contribution in [0.2, 0.25) is 0 Å². The van der Waals surface area contributed by atoms with Crippen LogP contribution in [0.4, 0.5) is 0 Å². The fourth-order valence-electron chi connectivity index (χ4n) is 7.21. The van der Waals surface area contributed by atoms with Crippen LogP contribution in [-0.2, 0) is 28.7 Å². The summed E-state index contributed by atoms with van der Waals surface area (Å²) in [5, 5.41) is 13.6. The Labute approximate surface area is 273 Å². The number of likely N-dealkylation sites (tertiary alicyclic amines) is 1. The molecule has 1 aromatic carbocycles. The van der Waals surface area contributed by atoms with Gasteiger partial charge >= 0.3 is 5.97 Å². The first kappa shape index (κ1) is 33.3. The molecule has 11 heteroatoms. The van der Waals surface area contributed by atoms with E-state index in [0.717, 1.165) is 5.56 Å². The van der Waals surface area contributed by atoms with Crippen molar-refractivity contribution in [1.29, 1.82) is 0 Å². The molecule has 10 nitrogen and oxygen atoms in total. The maximum atomic E-state index is 14.8. The number of nitrogens with one attached hydrogen (secondary N) is 1. The molecule has 3 amide bonds. The third-order valence-electron chi connectivity index (χ3n) is 9.22. The number of fused-ring (bicyclic) bond motifs is 2. The molecule has 4 aliphatic rings. The number of hydrogen-bond donors (Lipinski definition) is 2. The third-order valence-corrected chi connectivity index (χ3v) is 9.90. The van der Waals surface area contributed by atoms with E-state index < -0.39 is 59.1 Å². The summed E-state index contributed by atoms with van der Waals surface area (Å²) in [6.45, 7) is 9.59. The largest absolute Gasteiger partial charge is 0.463 e. The first-order valence-electron chi connectivity index (χ1n) is 15.8. The molecule has 0 unspecified atom stereocenters. The highest BCUT2D eigenvalue weighted by molar-refractivity contribution is 9.11. The van der Waals surface area contributed by atoms with Crippen molar-refractivity contribution in [2.24, 2.45) is 17.8 Å². The van der Waals surface area contributed by atoms with Crippen LogP contribution in [-0.4, -0.2) is 87.7 Å². The van der Waals surface area contributed by atoms with Crippen molar-refractivity contribution in [3.63, 3.8) is 0 Å². The Morgan fingerprint density at radius 1 is 1.09 bits per heavy atom. The Morgan fingerprint density at radius 3 is 2.44 bits per heavy atom. The van der Waals surface area contributed by atoms with Gasteiger partial charge in [0.15, 0.2) is 0 Å². The van der Waals surface area contributed by atoms with Gasteiger partial charge in [0, 0.05) is 23.0 Å². The van der Waals surface area contributed by atoms with Crippen molar-refractivity contribution in [2.45, 2.75) is 89.3 Å². The molecule has 5 bridgehead atoms. The summed E-state index contributed by atoms with van der Waals surface area (Å²) in [5.41, 5.74) is -1.31. The van der Waals surface area contributed by atoms with E-state index >= 15 is 0 Å². The van der Waals surface area contributed by atoms with Gasteiger partial charge in [-0.3, -0.25) is 19.2 Å². The SMILES string of the molecule is CC(C)C[C@H](CO)N1C(=O)[C@H]2[C@@H]3C(=O)N[C@H](c4ccccc4)COC(=O)CC/C=C\CN(C(C)(C)C)C(=O)[C@H]1[C@@]21C=C(Br)[C@@H]3O1. The minimum Gasteiger partial charge on any atom is -0.463 e. The van der Waals surface area contributed by atoms with Crippen molar-refractivity contribution < 1.29 is 33.8 Å². The molecule has 2 N–H and O–H groups in total. The van der Waals surface area contributed by atoms with Gasteiger partial charge in [-0.1, -0.05) is 72.3 Å². The number of carbonyl (C=O) groups excluding carboxylic acids is 4. The molecule has 0 saturated carbocycles. The van der Waals surface area contributed by atoms with Gasteiger partial charge in [0.25, 0.3) is 0 Å². The Balaban J connectivity index is 1.64. The molecule has 0 radical (unpaired) electrons. The number of cyclic esters (lactones) is 1. The van der Waals surface area contributed by atoms with Crippen LogP contribution in [0.1, 0.15) is 65.5 Å². The lowest BCUT2D eigenvalue weighted by Crippen LogP contribution is -2.61. The average molecular weight is 687 g/mol. The lowest BCUT2D eigenvalue weighted by molar-refractivity contribution is -0.154. The molecular weight excluding hydrogens is 642 g/mol. The predicted octanol–water partition coefficient (Wildman–Crippen LogP) is 3.64. The zero-order valence-electron chi connectivity index (χ0n) is 26.6. The summed E-state index contributed by atoms with van der Waals surface area (Å²) in [6, 6.07) is 6.80. The molecule has 45 heavy (non-hydrogen) atoms. The van der Waals surface area contributed by atoms with Crippen LogP contribution >= 0.6 is 15.9 Å². The Kier molecular flexibility index (Phi) is 9.63. The molecule has 5 rings (SSSR count). The Bertz CT molecular complexity index is 1370. The lowest BCUT2D eigenvalue weighted by Gasteiger charge is -2.43. The first-order valence-corrected chi connectivity index (χ1v) is 16.6. The monoisotopic (exact) mass is 685 g/mol. The Morgan fingerprint density at radius 2 is 1.80 bits per heavy atom. The van der Waals surface area contributed by atoms with Gasteiger partial charge in [-0.2, -0.15) is 0 Å². The minimum atomic E-state index is -1.42. The predicted molar refractivity (Wildman–Crippen MR) is 171 cm³/mol. The van der Waals surface area contributed by atoms with Crippen LogP contribution in [0.25, 0.3) is 0 Å². The Hall–Kier alpha value is -3.02. The molecule has 0 aromatic heterocycles. The highest BCUT2D eigenvalue weighted by Crippen LogP contribution is 2.59. The molecule has 2 fully saturated rings. The maximum absolute atomic E-state index is 14.8. The van der Waals surface area contributed by atoms with Crippen LogP contribution in [0.15, 0.2) is 53.0 Å². The normalized spacial score (nSPS) is 32.4. The molecule has 2 saturated heterocycles. The highest BCUT2D eigenvalue weighted by Gasteiger charge is 2.75. The number of halogens is 1. The van der Waals surface area contributed by atoms with E-state index in [2.05, 4.69) is 21.2 Å². The summed E-state index contributed by atoms with van der Waals surface area (Å²) in [6.07, 6.45) is 5.73. The molecule has 4 heterocycles. The summed E-state index contributed by atoms with van der Waals surface area (Å²) in [5.74, 6) is -3.38. The van der Waals surface area contributed by atoms with Gasteiger partial charge in [0.05, 0.1) is 30.5 Å². The number of rotatable bonds is 5. The first-order chi connectivity index (χ1) is 21.3. The van der Waals surface area contributed by atoms with Gasteiger partial charge in [0.1, 0.15) is 24.4 Å². The topological polar surface area (TPSA) is 125 Å². The number of benzene rings is 1. The average Bonchev–Trinajstić information content (AvgIpc) is 3.57. The van der Waals surface area contributed by atoms with Gasteiger partial charge in [-0.05, 0) is 51.2 Å². The molecule has 7 atom stereocenters. The minimum absolute atomic E-state index is 0.0800. The maximum Gasteiger partial charge on any atom is 0.306 e. The number of amides is 3. The van der Waals surface area contributed by atoms with Crippen molar-refractivity contribution in [3.8, 4) is 0 Å². The second-order valence-corrected chi connectivity index (χ2v) is 14.7. The van der Waals surface area contributed by atoms with E-state index in [4.69, 9.17) is 9.47 Å². The smallest absolute Gasteiger partial charge is 0.306 e. The van der Waals surface area contributed by atoms with Crippen LogP contribution < -0.4 is 5.32 Å². The second-order valence-electron chi connectivity index (χ2n) is 13.8. The van der Waals surface area contributed by atoms with E-state index in [1.807, 2.05) is 77.1 Å². The quantitative estimate of drug-likeness (QED) is 0.358. The molecule has 244 valence electrons.